The van der Waals surface area contributed by atoms with Crippen LogP contribution in [0.5, 0.6) is 5.75 Å². The van der Waals surface area contributed by atoms with Gasteiger partial charge in [0.2, 0.25) is 0 Å². The quantitative estimate of drug-likeness (QED) is 0.248. The molecule has 0 bridgehead atoms. The third kappa shape index (κ3) is 4.94. The number of ether oxygens (including phenoxy) is 1. The van der Waals surface area contributed by atoms with E-state index in [1.807, 2.05) is 18.3 Å². The summed E-state index contributed by atoms with van der Waals surface area (Å²) in [5.74, 6) is 0.922. The number of thiocarbonyl (C=S) groups is 1. The lowest BCUT2D eigenvalue weighted by Gasteiger charge is -2.28. The van der Waals surface area contributed by atoms with Crippen LogP contribution in [0.4, 0.5) is 11.4 Å². The smallest absolute Gasteiger partial charge is 0.174 e. The van der Waals surface area contributed by atoms with Crippen molar-refractivity contribution in [3.8, 4) is 11.4 Å². The standard InChI is InChI=1S/C33H37N5OS/c1-22-21-29(23(2)37(22)25-14-12-24(13-15-25)36(3)4)32-31(30-11-7-8-20-34-30)35-33(40)38(32)26-16-18-28(19-17-26)39-27-9-5-6-10-27/h7-8,11-21,27,31-32H,5-6,9-10H2,1-4H3,(H,35,40)/t31-,32-/m1/s1. The van der Waals surface area contributed by atoms with E-state index in [4.69, 9.17) is 21.9 Å². The Labute approximate surface area is 242 Å². The van der Waals surface area contributed by atoms with Gasteiger partial charge in [-0.3, -0.25) is 4.98 Å². The van der Waals surface area contributed by atoms with E-state index in [-0.39, 0.29) is 12.1 Å². The van der Waals surface area contributed by atoms with Crippen LogP contribution in [0.2, 0.25) is 0 Å². The summed E-state index contributed by atoms with van der Waals surface area (Å²) in [6.07, 6.45) is 6.98. The molecular weight excluding hydrogens is 514 g/mol. The summed E-state index contributed by atoms with van der Waals surface area (Å²) in [4.78, 5) is 9.10. The van der Waals surface area contributed by atoms with E-state index >= 15 is 0 Å². The second kappa shape index (κ2) is 11.0. The zero-order valence-corrected chi connectivity index (χ0v) is 24.5. The Morgan fingerprint density at radius 3 is 2.27 bits per heavy atom. The number of nitrogens with one attached hydrogen (secondary N) is 1. The molecule has 0 unspecified atom stereocenters. The van der Waals surface area contributed by atoms with Gasteiger partial charge in [0.1, 0.15) is 5.75 Å². The first-order chi connectivity index (χ1) is 19.4. The molecule has 1 aliphatic carbocycles. The third-order valence-electron chi connectivity index (χ3n) is 8.23. The van der Waals surface area contributed by atoms with Crippen molar-refractivity contribution in [1.82, 2.24) is 14.9 Å². The molecule has 3 heterocycles. The largest absolute Gasteiger partial charge is 0.490 e. The van der Waals surface area contributed by atoms with E-state index in [9.17, 15) is 0 Å². The van der Waals surface area contributed by atoms with Crippen molar-refractivity contribution in [2.45, 2.75) is 57.7 Å². The number of aromatic nitrogens is 2. The van der Waals surface area contributed by atoms with Crippen molar-refractivity contribution in [3.05, 3.63) is 102 Å². The second-order valence-electron chi connectivity index (χ2n) is 11.1. The maximum Gasteiger partial charge on any atom is 0.174 e. The van der Waals surface area contributed by atoms with E-state index in [0.29, 0.717) is 11.2 Å². The first-order valence-corrected chi connectivity index (χ1v) is 14.6. The molecule has 0 radical (unpaired) electrons. The van der Waals surface area contributed by atoms with E-state index in [2.05, 4.69) is 108 Å². The molecule has 40 heavy (non-hydrogen) atoms. The molecule has 2 fully saturated rings. The Morgan fingerprint density at radius 2 is 1.62 bits per heavy atom. The van der Waals surface area contributed by atoms with Gasteiger partial charge in [0, 0.05) is 48.7 Å². The summed E-state index contributed by atoms with van der Waals surface area (Å²) in [7, 11) is 4.13. The fourth-order valence-electron chi connectivity index (χ4n) is 6.22. The van der Waals surface area contributed by atoms with Crippen molar-refractivity contribution in [3.63, 3.8) is 0 Å². The van der Waals surface area contributed by atoms with Crippen molar-refractivity contribution in [1.29, 1.82) is 0 Å². The Balaban J connectivity index is 1.39. The molecule has 2 aromatic heterocycles. The van der Waals surface area contributed by atoms with Gasteiger partial charge in [-0.2, -0.15) is 0 Å². The minimum atomic E-state index is -0.0896. The molecule has 4 aromatic rings. The van der Waals surface area contributed by atoms with Gasteiger partial charge in [0.05, 0.1) is 23.9 Å². The van der Waals surface area contributed by atoms with Crippen LogP contribution < -0.4 is 19.9 Å². The fraction of sp³-hybridized carbons (Fsp3) is 0.333. The van der Waals surface area contributed by atoms with Gasteiger partial charge in [0.15, 0.2) is 5.11 Å². The van der Waals surface area contributed by atoms with Gasteiger partial charge in [-0.15, -0.1) is 0 Å². The Hall–Kier alpha value is -3.84. The van der Waals surface area contributed by atoms with Gasteiger partial charge in [-0.25, -0.2) is 0 Å². The highest BCUT2D eigenvalue weighted by Crippen LogP contribution is 2.44. The van der Waals surface area contributed by atoms with Crippen LogP contribution in [-0.4, -0.2) is 34.9 Å². The van der Waals surface area contributed by atoms with Gasteiger partial charge in [-0.1, -0.05) is 6.07 Å². The highest BCUT2D eigenvalue weighted by atomic mass is 32.1. The first kappa shape index (κ1) is 26.4. The van der Waals surface area contributed by atoms with E-state index in [1.165, 1.54) is 35.5 Å². The second-order valence-corrected chi connectivity index (χ2v) is 11.5. The number of pyridine rings is 1. The average molecular weight is 552 g/mol. The molecule has 0 spiro atoms. The fourth-order valence-corrected chi connectivity index (χ4v) is 6.56. The van der Waals surface area contributed by atoms with Gasteiger partial charge in [-0.05, 0) is 124 Å². The summed E-state index contributed by atoms with van der Waals surface area (Å²) in [6, 6.07) is 25.3. The lowest BCUT2D eigenvalue weighted by atomic mass is 9.96. The Bertz CT molecular complexity index is 1470. The van der Waals surface area contributed by atoms with Crippen LogP contribution in [0.25, 0.3) is 5.69 Å². The monoisotopic (exact) mass is 551 g/mol. The molecule has 1 saturated carbocycles. The third-order valence-corrected chi connectivity index (χ3v) is 8.55. The Kier molecular flexibility index (Phi) is 7.24. The lowest BCUT2D eigenvalue weighted by molar-refractivity contribution is 0.210. The minimum absolute atomic E-state index is 0.0648. The molecule has 0 amide bonds. The first-order valence-electron chi connectivity index (χ1n) is 14.1. The van der Waals surface area contributed by atoms with Crippen LogP contribution >= 0.6 is 12.2 Å². The molecule has 1 N–H and O–H groups in total. The Morgan fingerprint density at radius 1 is 0.925 bits per heavy atom. The summed E-state index contributed by atoms with van der Waals surface area (Å²) < 4.78 is 8.58. The number of anilines is 2. The van der Waals surface area contributed by atoms with Crippen LogP contribution in [-0.2, 0) is 0 Å². The number of hydrogen-bond acceptors (Lipinski definition) is 4. The van der Waals surface area contributed by atoms with E-state index < -0.39 is 0 Å². The predicted octanol–water partition coefficient (Wildman–Crippen LogP) is 7.05. The highest BCUT2D eigenvalue weighted by molar-refractivity contribution is 7.80. The number of hydrogen-bond donors (Lipinski definition) is 1. The molecule has 1 aliphatic heterocycles. The van der Waals surface area contributed by atoms with Gasteiger partial charge >= 0.3 is 0 Å². The van der Waals surface area contributed by atoms with Crippen molar-refractivity contribution in [2.24, 2.45) is 0 Å². The molecule has 1 saturated heterocycles. The summed E-state index contributed by atoms with van der Waals surface area (Å²) in [5.41, 5.74) is 7.94. The van der Waals surface area contributed by atoms with Crippen LogP contribution in [0.15, 0.2) is 79.0 Å². The highest BCUT2D eigenvalue weighted by Gasteiger charge is 2.42. The number of benzene rings is 2. The summed E-state index contributed by atoms with van der Waals surface area (Å²) >= 11 is 5.98. The molecular formula is C33H37N5OS. The van der Waals surface area contributed by atoms with Gasteiger partial charge in [0.25, 0.3) is 0 Å². The molecule has 2 aromatic carbocycles. The minimum Gasteiger partial charge on any atom is -0.490 e. The SMILES string of the molecule is Cc1cc([C@@H]2[C@@H](c3ccccn3)NC(=S)N2c2ccc(OC3CCCC3)cc2)c(C)n1-c1ccc(N(C)C)cc1. The number of nitrogens with zero attached hydrogens (tertiary/aromatic N) is 4. The summed E-state index contributed by atoms with van der Waals surface area (Å²) in [5, 5.41) is 4.30. The topological polar surface area (TPSA) is 45.6 Å². The molecule has 2 atom stereocenters. The van der Waals surface area contributed by atoms with Gasteiger partial charge < -0.3 is 24.4 Å². The summed E-state index contributed by atoms with van der Waals surface area (Å²) in [6.45, 7) is 4.38. The average Bonchev–Trinajstić information content (AvgIpc) is 3.67. The number of aryl methyl sites for hydroxylation is 1. The van der Waals surface area contributed by atoms with Crippen molar-refractivity contribution < 1.29 is 4.74 Å². The van der Waals surface area contributed by atoms with Crippen molar-refractivity contribution in [2.75, 3.05) is 23.9 Å². The lowest BCUT2D eigenvalue weighted by Crippen LogP contribution is -2.29. The molecule has 6 rings (SSSR count). The molecule has 206 valence electrons. The van der Waals surface area contributed by atoms with Crippen molar-refractivity contribution >= 4 is 28.7 Å². The van der Waals surface area contributed by atoms with Crippen LogP contribution in [0, 0.1) is 13.8 Å². The maximum absolute atomic E-state index is 6.25. The van der Waals surface area contributed by atoms with E-state index in [1.54, 1.807) is 0 Å². The zero-order valence-electron chi connectivity index (χ0n) is 23.7. The predicted molar refractivity (Wildman–Crippen MR) is 167 cm³/mol. The zero-order chi connectivity index (χ0) is 27.8. The molecule has 6 nitrogen and oxygen atoms in total. The van der Waals surface area contributed by atoms with Crippen LogP contribution in [0.1, 0.15) is 60.4 Å². The number of rotatable bonds is 7. The molecule has 7 heteroatoms. The molecule has 2 aliphatic rings. The maximum atomic E-state index is 6.25. The van der Waals surface area contributed by atoms with E-state index in [0.717, 1.165) is 35.7 Å². The van der Waals surface area contributed by atoms with Crippen LogP contribution in [0.3, 0.4) is 0 Å². The normalized spacial score (nSPS) is 19.2.